The monoisotopic (exact) mass is 410 g/mol. The number of carbonyl (C=O) groups is 2. The summed E-state index contributed by atoms with van der Waals surface area (Å²) in [7, 11) is 0. The molecule has 0 spiro atoms. The van der Waals surface area contributed by atoms with E-state index in [1.165, 1.54) is 0 Å². The van der Waals surface area contributed by atoms with E-state index in [0.29, 0.717) is 62.2 Å². The Hall–Kier alpha value is -2.84. The molecule has 2 aliphatic heterocycles. The molecule has 2 saturated heterocycles. The fraction of sp³-hybridized carbons (Fsp3) is 0.455. The second-order valence-corrected chi connectivity index (χ2v) is 7.77. The van der Waals surface area contributed by atoms with E-state index in [1.807, 2.05) is 13.8 Å². The summed E-state index contributed by atoms with van der Waals surface area (Å²) in [6.45, 7) is 8.04. The summed E-state index contributed by atoms with van der Waals surface area (Å²) >= 11 is 0. The van der Waals surface area contributed by atoms with Gasteiger partial charge in [0.2, 0.25) is 0 Å². The van der Waals surface area contributed by atoms with Crippen molar-refractivity contribution < 1.29 is 19.1 Å². The van der Waals surface area contributed by atoms with E-state index in [9.17, 15) is 9.59 Å². The van der Waals surface area contributed by atoms with Crippen LogP contribution in [0, 0.1) is 0 Å². The Morgan fingerprint density at radius 3 is 1.87 bits per heavy atom. The van der Waals surface area contributed by atoms with Crippen LogP contribution in [0.15, 0.2) is 24.5 Å². The third kappa shape index (κ3) is 4.20. The highest BCUT2D eigenvalue weighted by molar-refractivity contribution is 5.88. The van der Waals surface area contributed by atoms with Gasteiger partial charge in [0, 0.05) is 49.7 Å². The van der Waals surface area contributed by atoms with Gasteiger partial charge in [-0.05, 0) is 26.0 Å². The third-order valence-electron chi connectivity index (χ3n) is 5.41. The number of rotatable bonds is 5. The van der Waals surface area contributed by atoms with E-state index in [1.54, 1.807) is 24.5 Å². The van der Waals surface area contributed by atoms with Gasteiger partial charge < -0.3 is 19.3 Å². The first kappa shape index (κ1) is 20.4. The molecule has 0 aliphatic carbocycles. The Balaban J connectivity index is 1.64. The number of anilines is 2. The molecule has 0 bridgehead atoms. The van der Waals surface area contributed by atoms with Crippen LogP contribution in [0.3, 0.4) is 0 Å². The Kier molecular flexibility index (Phi) is 6.06. The average Bonchev–Trinajstić information content (AvgIpc) is 2.78. The van der Waals surface area contributed by atoms with Crippen molar-refractivity contribution in [2.75, 3.05) is 49.2 Å². The molecule has 0 aromatic carbocycles. The summed E-state index contributed by atoms with van der Waals surface area (Å²) in [5, 5.41) is 0. The highest BCUT2D eigenvalue weighted by Crippen LogP contribution is 2.28. The normalized spacial score (nSPS) is 22.1. The summed E-state index contributed by atoms with van der Waals surface area (Å²) in [5.41, 5.74) is 2.53. The molecule has 0 amide bonds. The number of nitrogens with zero attached hydrogens (tertiary/aromatic N) is 4. The first-order valence-corrected chi connectivity index (χ1v) is 10.2. The lowest BCUT2D eigenvalue weighted by molar-refractivity contribution is -0.00549. The molecular formula is C22H26N4O4. The van der Waals surface area contributed by atoms with Gasteiger partial charge in [-0.2, -0.15) is 0 Å². The fourth-order valence-corrected chi connectivity index (χ4v) is 4.09. The number of pyridine rings is 2. The van der Waals surface area contributed by atoms with Gasteiger partial charge >= 0.3 is 0 Å². The highest BCUT2D eigenvalue weighted by Gasteiger charge is 2.25. The van der Waals surface area contributed by atoms with Crippen molar-refractivity contribution in [1.82, 2.24) is 9.97 Å². The van der Waals surface area contributed by atoms with Crippen LogP contribution in [-0.4, -0.2) is 74.1 Å². The van der Waals surface area contributed by atoms with Crippen molar-refractivity contribution in [2.24, 2.45) is 0 Å². The Morgan fingerprint density at radius 2 is 1.37 bits per heavy atom. The molecule has 2 aromatic rings. The quantitative estimate of drug-likeness (QED) is 0.694. The molecule has 2 fully saturated rings. The van der Waals surface area contributed by atoms with Gasteiger partial charge in [-0.1, -0.05) is 0 Å². The number of hydrogen-bond acceptors (Lipinski definition) is 8. The van der Waals surface area contributed by atoms with Gasteiger partial charge in [0.05, 0.1) is 36.5 Å². The van der Waals surface area contributed by atoms with Crippen LogP contribution in [0.1, 0.15) is 34.6 Å². The summed E-state index contributed by atoms with van der Waals surface area (Å²) in [5.74, 6) is 1.32. The van der Waals surface area contributed by atoms with Crippen molar-refractivity contribution in [1.29, 1.82) is 0 Å². The molecule has 2 aromatic heterocycles. The summed E-state index contributed by atoms with van der Waals surface area (Å²) in [6, 6.07) is 3.61. The minimum atomic E-state index is 0.0711. The third-order valence-corrected chi connectivity index (χ3v) is 5.41. The Labute approximate surface area is 175 Å². The Bertz CT molecular complexity index is 919. The summed E-state index contributed by atoms with van der Waals surface area (Å²) < 4.78 is 11.2. The van der Waals surface area contributed by atoms with E-state index in [0.717, 1.165) is 23.7 Å². The number of ether oxygens (including phenoxy) is 2. The lowest BCUT2D eigenvalue weighted by atomic mass is 10.0. The van der Waals surface area contributed by atoms with Crippen molar-refractivity contribution in [3.05, 3.63) is 35.7 Å². The number of aldehydes is 2. The minimum Gasteiger partial charge on any atom is -0.378 e. The predicted molar refractivity (Wildman–Crippen MR) is 113 cm³/mol. The first-order valence-electron chi connectivity index (χ1n) is 10.2. The summed E-state index contributed by atoms with van der Waals surface area (Å²) in [4.78, 5) is 36.8. The zero-order valence-corrected chi connectivity index (χ0v) is 17.3. The van der Waals surface area contributed by atoms with Crippen LogP contribution in [0.4, 0.5) is 11.6 Å². The molecular weight excluding hydrogens is 384 g/mol. The molecule has 8 nitrogen and oxygen atoms in total. The Morgan fingerprint density at radius 1 is 0.867 bits per heavy atom. The molecule has 2 atom stereocenters. The van der Waals surface area contributed by atoms with E-state index >= 15 is 0 Å². The van der Waals surface area contributed by atoms with Crippen molar-refractivity contribution in [2.45, 2.75) is 26.1 Å². The smallest absolute Gasteiger partial charge is 0.153 e. The fourth-order valence-electron chi connectivity index (χ4n) is 4.09. The summed E-state index contributed by atoms with van der Waals surface area (Å²) in [6.07, 6.45) is 5.24. The first-order chi connectivity index (χ1) is 14.6. The average molecular weight is 410 g/mol. The zero-order chi connectivity index (χ0) is 21.1. The van der Waals surface area contributed by atoms with Gasteiger partial charge in [0.25, 0.3) is 0 Å². The molecule has 0 saturated carbocycles. The SMILES string of the molecule is C[C@@H]1CN(c2ncc(-c3cnc(N4CCOCC4)c(C=O)c3)cc2C=O)C[C@H](C)O1. The number of morpholine rings is 2. The predicted octanol–water partition coefficient (Wildman–Crippen LogP) is 2.22. The van der Waals surface area contributed by atoms with Gasteiger partial charge in [-0.3, -0.25) is 9.59 Å². The topological polar surface area (TPSA) is 84.9 Å². The standard InChI is InChI=1S/C22H26N4O4/c1-15-11-26(12-16(2)30-15)22-20(14-28)8-18(10-24-22)17-7-19(13-27)21(23-9-17)25-3-5-29-6-4-25/h7-10,13-16H,3-6,11-12H2,1-2H3/t15-,16+. The van der Waals surface area contributed by atoms with Crippen LogP contribution in [0.5, 0.6) is 0 Å². The maximum Gasteiger partial charge on any atom is 0.153 e. The maximum absolute atomic E-state index is 11.8. The van der Waals surface area contributed by atoms with Gasteiger partial charge in [0.15, 0.2) is 12.6 Å². The van der Waals surface area contributed by atoms with Gasteiger partial charge in [-0.25, -0.2) is 9.97 Å². The van der Waals surface area contributed by atoms with E-state index < -0.39 is 0 Å². The van der Waals surface area contributed by atoms with Crippen LogP contribution in [-0.2, 0) is 9.47 Å². The molecule has 0 N–H and O–H groups in total. The van der Waals surface area contributed by atoms with E-state index in [2.05, 4.69) is 19.8 Å². The molecule has 8 heteroatoms. The van der Waals surface area contributed by atoms with Crippen LogP contribution in [0.2, 0.25) is 0 Å². The molecule has 0 radical (unpaired) electrons. The van der Waals surface area contributed by atoms with E-state index in [-0.39, 0.29) is 12.2 Å². The van der Waals surface area contributed by atoms with Crippen molar-refractivity contribution in [3.8, 4) is 11.1 Å². The molecule has 4 heterocycles. The lowest BCUT2D eigenvalue weighted by Gasteiger charge is -2.36. The number of hydrogen-bond donors (Lipinski definition) is 0. The second kappa shape index (κ2) is 8.89. The van der Waals surface area contributed by atoms with Crippen molar-refractivity contribution >= 4 is 24.2 Å². The number of aromatic nitrogens is 2. The second-order valence-electron chi connectivity index (χ2n) is 7.77. The molecule has 2 aliphatic rings. The highest BCUT2D eigenvalue weighted by atomic mass is 16.5. The zero-order valence-electron chi connectivity index (χ0n) is 17.3. The lowest BCUT2D eigenvalue weighted by Crippen LogP contribution is -2.46. The molecule has 158 valence electrons. The maximum atomic E-state index is 11.8. The molecule has 30 heavy (non-hydrogen) atoms. The van der Waals surface area contributed by atoms with Gasteiger partial charge in [0.1, 0.15) is 11.6 Å². The molecule has 0 unspecified atom stereocenters. The molecule has 4 rings (SSSR count). The minimum absolute atomic E-state index is 0.0711. The van der Waals surface area contributed by atoms with E-state index in [4.69, 9.17) is 9.47 Å². The van der Waals surface area contributed by atoms with Crippen LogP contribution >= 0.6 is 0 Å². The van der Waals surface area contributed by atoms with Crippen LogP contribution in [0.25, 0.3) is 11.1 Å². The van der Waals surface area contributed by atoms with Crippen molar-refractivity contribution in [3.63, 3.8) is 0 Å². The van der Waals surface area contributed by atoms with Crippen LogP contribution < -0.4 is 9.80 Å². The number of carbonyl (C=O) groups excluding carboxylic acids is 2. The largest absolute Gasteiger partial charge is 0.378 e. The van der Waals surface area contributed by atoms with Gasteiger partial charge in [-0.15, -0.1) is 0 Å².